The van der Waals surface area contributed by atoms with Crippen LogP contribution < -0.4 is 5.73 Å². The van der Waals surface area contributed by atoms with E-state index in [1.165, 1.54) is 0 Å². The maximum absolute atomic E-state index is 5.95. The lowest BCUT2D eigenvalue weighted by Crippen LogP contribution is -1.92. The van der Waals surface area contributed by atoms with Crippen molar-refractivity contribution in [2.45, 2.75) is 13.8 Å². The van der Waals surface area contributed by atoms with Crippen molar-refractivity contribution in [3.63, 3.8) is 0 Å². The zero-order valence-corrected chi connectivity index (χ0v) is 14.1. The first-order chi connectivity index (χ1) is 12.0. The fourth-order valence-corrected chi connectivity index (χ4v) is 2.66. The number of anilines is 1. The molecule has 0 atom stereocenters. The Hall–Kier alpha value is -3.42. The Morgan fingerprint density at radius 1 is 1.20 bits per heavy atom. The molecule has 0 aliphatic heterocycles. The molecule has 1 aromatic carbocycles. The Labute approximate surface area is 143 Å². The first kappa shape index (κ1) is 15.1. The SMILES string of the molecule is Cc1c(N)cccc1-c1noc(-c2cc(-c3cnn(C)c3C)n[nH]2)n1. The van der Waals surface area contributed by atoms with Gasteiger partial charge in [-0.05, 0) is 31.5 Å². The Balaban J connectivity index is 1.69. The number of nitrogen functional groups attached to an aromatic ring is 1. The summed E-state index contributed by atoms with van der Waals surface area (Å²) in [5.41, 5.74) is 11.8. The van der Waals surface area contributed by atoms with Crippen LogP contribution in [0.4, 0.5) is 5.69 Å². The standard InChI is InChI=1S/C17H17N7O/c1-9-11(5-4-6-13(9)18)16-20-17(25-23-16)15-7-14(21-22-15)12-8-19-24(3)10(12)2/h4-8H,18H2,1-3H3,(H,21,22). The number of hydrogen-bond donors (Lipinski definition) is 2. The summed E-state index contributed by atoms with van der Waals surface area (Å²) >= 11 is 0. The van der Waals surface area contributed by atoms with Crippen molar-refractivity contribution in [2.75, 3.05) is 5.73 Å². The van der Waals surface area contributed by atoms with E-state index in [9.17, 15) is 0 Å². The number of nitrogens with one attached hydrogen (secondary N) is 1. The van der Waals surface area contributed by atoms with E-state index in [1.807, 2.05) is 45.2 Å². The van der Waals surface area contributed by atoms with Crippen molar-refractivity contribution in [3.8, 4) is 34.2 Å². The Morgan fingerprint density at radius 3 is 2.80 bits per heavy atom. The lowest BCUT2D eigenvalue weighted by Gasteiger charge is -2.03. The number of aromatic amines is 1. The van der Waals surface area contributed by atoms with Crippen LogP contribution in [0, 0.1) is 13.8 Å². The van der Waals surface area contributed by atoms with E-state index in [1.54, 1.807) is 10.9 Å². The van der Waals surface area contributed by atoms with Crippen LogP contribution in [0.2, 0.25) is 0 Å². The van der Waals surface area contributed by atoms with E-state index < -0.39 is 0 Å². The molecule has 3 N–H and O–H groups in total. The van der Waals surface area contributed by atoms with Gasteiger partial charge in [0.1, 0.15) is 5.69 Å². The third-order valence-corrected chi connectivity index (χ3v) is 4.36. The number of rotatable bonds is 3. The summed E-state index contributed by atoms with van der Waals surface area (Å²) in [6, 6.07) is 7.50. The van der Waals surface area contributed by atoms with E-state index in [0.717, 1.165) is 28.1 Å². The molecule has 25 heavy (non-hydrogen) atoms. The van der Waals surface area contributed by atoms with Gasteiger partial charge in [0.2, 0.25) is 5.82 Å². The number of nitrogens with two attached hydrogens (primary N) is 1. The minimum absolute atomic E-state index is 0.372. The number of aryl methyl sites for hydroxylation is 1. The summed E-state index contributed by atoms with van der Waals surface area (Å²) in [7, 11) is 1.89. The lowest BCUT2D eigenvalue weighted by molar-refractivity contribution is 0.431. The topological polar surface area (TPSA) is 111 Å². The van der Waals surface area contributed by atoms with Crippen molar-refractivity contribution in [3.05, 3.63) is 41.7 Å². The third kappa shape index (κ3) is 2.47. The predicted octanol–water partition coefficient (Wildman–Crippen LogP) is 2.73. The zero-order valence-electron chi connectivity index (χ0n) is 14.1. The van der Waals surface area contributed by atoms with Crippen molar-refractivity contribution < 1.29 is 4.52 Å². The van der Waals surface area contributed by atoms with Gasteiger partial charge in [-0.2, -0.15) is 15.2 Å². The Bertz CT molecular complexity index is 1060. The second-order valence-corrected chi connectivity index (χ2v) is 5.88. The van der Waals surface area contributed by atoms with Crippen LogP contribution in [0.3, 0.4) is 0 Å². The molecule has 3 heterocycles. The minimum atomic E-state index is 0.372. The van der Waals surface area contributed by atoms with E-state index >= 15 is 0 Å². The molecular weight excluding hydrogens is 318 g/mol. The fraction of sp³-hybridized carbons (Fsp3) is 0.176. The molecule has 0 saturated heterocycles. The number of hydrogen-bond acceptors (Lipinski definition) is 6. The van der Waals surface area contributed by atoms with Crippen LogP contribution in [0.5, 0.6) is 0 Å². The molecule has 0 saturated carbocycles. The van der Waals surface area contributed by atoms with E-state index in [0.29, 0.717) is 23.1 Å². The van der Waals surface area contributed by atoms with Gasteiger partial charge in [-0.25, -0.2) is 0 Å². The Kier molecular flexibility index (Phi) is 3.38. The van der Waals surface area contributed by atoms with Crippen LogP contribution in [0.25, 0.3) is 34.2 Å². The fourth-order valence-electron chi connectivity index (χ4n) is 2.66. The highest BCUT2D eigenvalue weighted by Crippen LogP contribution is 2.28. The smallest absolute Gasteiger partial charge is 0.276 e. The van der Waals surface area contributed by atoms with Gasteiger partial charge in [-0.3, -0.25) is 9.78 Å². The molecule has 0 spiro atoms. The summed E-state index contributed by atoms with van der Waals surface area (Å²) in [5.74, 6) is 0.866. The highest BCUT2D eigenvalue weighted by Gasteiger charge is 2.17. The van der Waals surface area contributed by atoms with Gasteiger partial charge in [0, 0.05) is 29.6 Å². The van der Waals surface area contributed by atoms with Crippen LogP contribution in [-0.2, 0) is 7.05 Å². The van der Waals surface area contributed by atoms with E-state index in [-0.39, 0.29) is 0 Å². The van der Waals surface area contributed by atoms with Gasteiger partial charge in [-0.1, -0.05) is 17.3 Å². The normalized spacial score (nSPS) is 11.2. The van der Waals surface area contributed by atoms with Crippen molar-refractivity contribution in [1.29, 1.82) is 0 Å². The largest absolute Gasteiger partial charge is 0.398 e. The molecule has 4 aromatic rings. The molecule has 0 bridgehead atoms. The van der Waals surface area contributed by atoms with Gasteiger partial charge >= 0.3 is 0 Å². The maximum atomic E-state index is 5.95. The predicted molar refractivity (Wildman–Crippen MR) is 93.4 cm³/mol. The summed E-state index contributed by atoms with van der Waals surface area (Å²) in [6.07, 6.45) is 1.78. The maximum Gasteiger partial charge on any atom is 0.276 e. The lowest BCUT2D eigenvalue weighted by atomic mass is 10.1. The molecule has 126 valence electrons. The molecular formula is C17H17N7O. The number of H-pyrrole nitrogens is 1. The molecule has 0 fully saturated rings. The molecule has 3 aromatic heterocycles. The van der Waals surface area contributed by atoms with Crippen LogP contribution >= 0.6 is 0 Å². The van der Waals surface area contributed by atoms with E-state index in [4.69, 9.17) is 10.3 Å². The second-order valence-electron chi connectivity index (χ2n) is 5.88. The van der Waals surface area contributed by atoms with Crippen LogP contribution in [0.15, 0.2) is 35.0 Å². The zero-order chi connectivity index (χ0) is 17.6. The molecule has 4 rings (SSSR count). The first-order valence-corrected chi connectivity index (χ1v) is 7.78. The minimum Gasteiger partial charge on any atom is -0.398 e. The third-order valence-electron chi connectivity index (χ3n) is 4.36. The van der Waals surface area contributed by atoms with Gasteiger partial charge in [0.05, 0.1) is 11.9 Å². The molecule has 0 unspecified atom stereocenters. The van der Waals surface area contributed by atoms with Crippen LogP contribution in [0.1, 0.15) is 11.3 Å². The molecule has 0 aliphatic carbocycles. The Morgan fingerprint density at radius 2 is 2.04 bits per heavy atom. The highest BCUT2D eigenvalue weighted by atomic mass is 16.5. The van der Waals surface area contributed by atoms with Crippen molar-refractivity contribution >= 4 is 5.69 Å². The molecule has 8 nitrogen and oxygen atoms in total. The quantitative estimate of drug-likeness (QED) is 0.557. The summed E-state index contributed by atoms with van der Waals surface area (Å²) in [6.45, 7) is 3.92. The summed E-state index contributed by atoms with van der Waals surface area (Å²) < 4.78 is 7.19. The monoisotopic (exact) mass is 335 g/mol. The summed E-state index contributed by atoms with van der Waals surface area (Å²) in [4.78, 5) is 4.46. The van der Waals surface area contributed by atoms with Gasteiger partial charge in [0.25, 0.3) is 5.89 Å². The van der Waals surface area contributed by atoms with Crippen molar-refractivity contribution in [2.24, 2.45) is 7.05 Å². The van der Waals surface area contributed by atoms with Gasteiger partial charge < -0.3 is 10.3 Å². The van der Waals surface area contributed by atoms with Crippen LogP contribution in [-0.4, -0.2) is 30.1 Å². The van der Waals surface area contributed by atoms with Gasteiger partial charge in [-0.15, -0.1) is 0 Å². The first-order valence-electron chi connectivity index (χ1n) is 7.78. The molecule has 8 heteroatoms. The molecule has 0 amide bonds. The number of aromatic nitrogens is 6. The van der Waals surface area contributed by atoms with E-state index in [2.05, 4.69) is 25.4 Å². The highest BCUT2D eigenvalue weighted by molar-refractivity contribution is 5.70. The van der Waals surface area contributed by atoms with Crippen molar-refractivity contribution in [1.82, 2.24) is 30.1 Å². The number of benzene rings is 1. The summed E-state index contributed by atoms with van der Waals surface area (Å²) in [5, 5.41) is 15.6. The molecule has 0 aliphatic rings. The second kappa shape index (κ2) is 5.59. The molecule has 0 radical (unpaired) electrons. The number of nitrogens with zero attached hydrogens (tertiary/aromatic N) is 5. The average Bonchev–Trinajstić information content (AvgIpc) is 3.31. The van der Waals surface area contributed by atoms with Gasteiger partial charge in [0.15, 0.2) is 0 Å². The average molecular weight is 335 g/mol.